The summed E-state index contributed by atoms with van der Waals surface area (Å²) in [6.07, 6.45) is 4.34. The zero-order valence-corrected chi connectivity index (χ0v) is 13.8. The molecular weight excluding hydrogens is 338 g/mol. The van der Waals surface area contributed by atoms with Crippen molar-refractivity contribution in [3.63, 3.8) is 0 Å². The van der Waals surface area contributed by atoms with Gasteiger partial charge in [0.15, 0.2) is 0 Å². The van der Waals surface area contributed by atoms with Gasteiger partial charge in [-0.05, 0) is 17.7 Å². The average molecular weight is 352 g/mol. The first-order valence-electron chi connectivity index (χ1n) is 6.57. The second-order valence-electron chi connectivity index (χ2n) is 4.59. The van der Waals surface area contributed by atoms with Gasteiger partial charge in [-0.2, -0.15) is 4.57 Å². The minimum absolute atomic E-state index is 1.23. The van der Waals surface area contributed by atoms with Gasteiger partial charge in [0.05, 0.1) is 0 Å². The maximum Gasteiger partial charge on any atom is 0.262 e. The van der Waals surface area contributed by atoms with Crippen molar-refractivity contribution in [2.75, 3.05) is 0 Å². The molecule has 1 aromatic heterocycles. The van der Waals surface area contributed by atoms with E-state index in [1.807, 2.05) is 17.4 Å². The summed E-state index contributed by atoms with van der Waals surface area (Å²) in [5.74, 6) is 0. The van der Waals surface area contributed by atoms with Crippen molar-refractivity contribution < 1.29 is 33.4 Å². The molecule has 0 saturated heterocycles. The average Bonchev–Trinajstić information content (AvgIpc) is 2.82. The van der Waals surface area contributed by atoms with E-state index in [-0.39, 0.29) is 0 Å². The van der Waals surface area contributed by atoms with Crippen molar-refractivity contribution in [1.29, 1.82) is 0 Å². The van der Waals surface area contributed by atoms with Crippen LogP contribution >= 0.6 is 11.3 Å². The lowest BCUT2D eigenvalue weighted by atomic mass is 10.2. The molecule has 23 heavy (non-hydrogen) atoms. The first-order valence-corrected chi connectivity index (χ1v) is 8.62. The Hall–Kier alpha value is -1.80. The van der Waals surface area contributed by atoms with Crippen molar-refractivity contribution in [3.05, 3.63) is 65.2 Å². The smallest absolute Gasteiger partial charge is 0.222 e. The third-order valence-electron chi connectivity index (χ3n) is 2.99. The Balaban J connectivity index is 0.000000338. The number of hydrogen-bond donors (Lipinski definition) is 0. The van der Waals surface area contributed by atoms with Gasteiger partial charge in [0.25, 0.3) is 5.01 Å². The van der Waals surface area contributed by atoms with Crippen LogP contribution in [0.5, 0.6) is 0 Å². The molecule has 0 aliphatic heterocycles. The van der Waals surface area contributed by atoms with Crippen LogP contribution in [0.1, 0.15) is 10.6 Å². The number of para-hydroxylation sites is 1. The molecule has 0 unspecified atom stereocenters. The summed E-state index contributed by atoms with van der Waals surface area (Å²) in [4.78, 5) is 0. The Kier molecular flexibility index (Phi) is 5.84. The highest BCUT2D eigenvalue weighted by Crippen LogP contribution is 2.21. The van der Waals surface area contributed by atoms with E-state index >= 15 is 0 Å². The maximum absolute atomic E-state index is 8.49. The second kappa shape index (κ2) is 7.65. The maximum atomic E-state index is 8.49. The highest BCUT2D eigenvalue weighted by molar-refractivity contribution is 7.18. The molecule has 0 N–H and O–H groups in total. The first kappa shape index (κ1) is 17.6. The van der Waals surface area contributed by atoms with Crippen molar-refractivity contribution in [2.45, 2.75) is 0 Å². The monoisotopic (exact) mass is 351 g/mol. The quantitative estimate of drug-likeness (QED) is 0.561. The molecule has 7 heteroatoms. The molecule has 0 aliphatic carbocycles. The lowest BCUT2D eigenvalue weighted by Gasteiger charge is -2.17. The summed E-state index contributed by atoms with van der Waals surface area (Å²) in [6.45, 7) is 0. The SMILES string of the molecule is C[n+]1c(/C=C/c2ccccc2)sc2ccccc21.[O-][Cl+3]([O-])([O-])[O-]. The van der Waals surface area contributed by atoms with E-state index in [4.69, 9.17) is 18.6 Å². The highest BCUT2D eigenvalue weighted by Gasteiger charge is 2.12. The van der Waals surface area contributed by atoms with E-state index in [2.05, 4.69) is 72.3 Å². The Morgan fingerprint density at radius 1 is 0.870 bits per heavy atom. The van der Waals surface area contributed by atoms with Gasteiger partial charge in [-0.1, -0.05) is 53.8 Å². The Labute approximate surface area is 139 Å². The second-order valence-corrected chi connectivity index (χ2v) is 6.41. The molecule has 120 valence electrons. The Morgan fingerprint density at radius 2 is 1.43 bits per heavy atom. The van der Waals surface area contributed by atoms with Crippen LogP contribution in [-0.4, -0.2) is 0 Å². The van der Waals surface area contributed by atoms with E-state index < -0.39 is 10.2 Å². The fraction of sp³-hybridized carbons (Fsp3) is 0.0625. The van der Waals surface area contributed by atoms with Gasteiger partial charge >= 0.3 is 0 Å². The van der Waals surface area contributed by atoms with Crippen LogP contribution in [0.3, 0.4) is 0 Å². The van der Waals surface area contributed by atoms with Crippen LogP contribution in [0.4, 0.5) is 0 Å². The lowest BCUT2D eigenvalue weighted by molar-refractivity contribution is -2.00. The molecule has 0 saturated carbocycles. The van der Waals surface area contributed by atoms with Crippen LogP contribution in [0, 0.1) is 10.2 Å². The van der Waals surface area contributed by atoms with E-state index in [1.165, 1.54) is 20.8 Å². The molecule has 0 amide bonds. The summed E-state index contributed by atoms with van der Waals surface area (Å²) in [5, 5.41) is 1.26. The molecule has 3 rings (SSSR count). The van der Waals surface area contributed by atoms with E-state index in [0.717, 1.165) is 0 Å². The van der Waals surface area contributed by atoms with Gasteiger partial charge < -0.3 is 0 Å². The summed E-state index contributed by atoms with van der Waals surface area (Å²) >= 11 is 1.82. The molecule has 0 atom stereocenters. The van der Waals surface area contributed by atoms with E-state index in [9.17, 15) is 0 Å². The predicted molar refractivity (Wildman–Crippen MR) is 78.4 cm³/mol. The van der Waals surface area contributed by atoms with Crippen molar-refractivity contribution in [3.8, 4) is 0 Å². The number of aromatic nitrogens is 1. The van der Waals surface area contributed by atoms with Gasteiger partial charge in [0, 0.05) is 12.1 Å². The largest absolute Gasteiger partial charge is 0.262 e. The number of nitrogens with zero attached hydrogens (tertiary/aromatic N) is 1. The first-order chi connectivity index (χ1) is 10.8. The number of hydrogen-bond acceptors (Lipinski definition) is 5. The lowest BCUT2D eigenvalue weighted by Crippen LogP contribution is -2.68. The number of halogens is 1. The van der Waals surface area contributed by atoms with Gasteiger partial charge in [0.1, 0.15) is 11.7 Å². The number of fused-ring (bicyclic) bond motifs is 1. The standard InChI is InChI=1S/C16H14NS.ClHO4/c1-17-14-9-5-6-10-15(14)18-16(17)12-11-13-7-3-2-4-8-13;2-1(3,4)5/h2-12H,1H3;(H,2,3,4,5)/q+1;/p-1/b12-11+;. The molecule has 1 heterocycles. The molecule has 5 nitrogen and oxygen atoms in total. The van der Waals surface area contributed by atoms with Crippen LogP contribution in [0.2, 0.25) is 0 Å². The predicted octanol–water partition coefficient (Wildman–Crippen LogP) is -0.860. The minimum atomic E-state index is -4.94. The van der Waals surface area contributed by atoms with Crippen molar-refractivity contribution in [2.24, 2.45) is 7.05 Å². The van der Waals surface area contributed by atoms with Gasteiger partial charge in [0.2, 0.25) is 5.52 Å². The molecular formula is C16H14ClNO4S. The van der Waals surface area contributed by atoms with E-state index in [1.54, 1.807) is 0 Å². The summed E-state index contributed by atoms with van der Waals surface area (Å²) in [6, 6.07) is 18.9. The van der Waals surface area contributed by atoms with Gasteiger partial charge in [-0.15, -0.1) is 10.2 Å². The normalized spacial score (nSPS) is 11.5. The Bertz CT molecular complexity index is 791. The summed E-state index contributed by atoms with van der Waals surface area (Å²) in [7, 11) is -2.83. The van der Waals surface area contributed by atoms with Crippen LogP contribution in [0.25, 0.3) is 22.4 Å². The highest BCUT2D eigenvalue weighted by atomic mass is 35.7. The molecule has 0 radical (unpaired) electrons. The molecule has 0 bridgehead atoms. The Morgan fingerprint density at radius 3 is 2.04 bits per heavy atom. The fourth-order valence-corrected chi connectivity index (χ4v) is 3.05. The molecule has 2 aromatic carbocycles. The van der Waals surface area contributed by atoms with E-state index in [0.29, 0.717) is 0 Å². The van der Waals surface area contributed by atoms with Crippen LogP contribution < -0.4 is 23.2 Å². The number of thiazole rings is 1. The van der Waals surface area contributed by atoms with Crippen LogP contribution in [-0.2, 0) is 7.05 Å². The third kappa shape index (κ3) is 5.72. The topological polar surface area (TPSA) is 96.1 Å². The van der Waals surface area contributed by atoms with Crippen LogP contribution in [0.15, 0.2) is 54.6 Å². The number of benzene rings is 2. The molecule has 0 fully saturated rings. The minimum Gasteiger partial charge on any atom is -0.222 e. The number of aryl methyl sites for hydroxylation is 1. The van der Waals surface area contributed by atoms with Gasteiger partial charge in [-0.25, -0.2) is 18.6 Å². The molecule has 0 spiro atoms. The zero-order valence-electron chi connectivity index (χ0n) is 12.2. The molecule has 3 aromatic rings. The fourth-order valence-electron chi connectivity index (χ4n) is 2.00. The molecule has 0 aliphatic rings. The number of rotatable bonds is 2. The third-order valence-corrected chi connectivity index (χ3v) is 4.17. The van der Waals surface area contributed by atoms with Gasteiger partial charge in [-0.3, -0.25) is 0 Å². The van der Waals surface area contributed by atoms with Crippen molar-refractivity contribution >= 4 is 33.7 Å². The summed E-state index contributed by atoms with van der Waals surface area (Å²) in [5.41, 5.74) is 2.52. The summed E-state index contributed by atoms with van der Waals surface area (Å²) < 4.78 is 37.5. The zero-order chi connectivity index (χ0) is 16.9. The van der Waals surface area contributed by atoms with Crippen molar-refractivity contribution in [1.82, 2.24) is 0 Å².